The van der Waals surface area contributed by atoms with Gasteiger partial charge in [-0.25, -0.2) is 14.3 Å². The standard InChI is InChI=1S/C26H25N3O4/c1-26(2,3)33-25(31)21-8-6-5-7-20(21)18-11-9-17(10-12-18)16-29-23-14-13-19(24(30)32-4)15-22(23)27-28-29/h5-15H,16H2,1-4H3. The average molecular weight is 444 g/mol. The third-order valence-electron chi connectivity index (χ3n) is 5.08. The monoisotopic (exact) mass is 443 g/mol. The molecule has 33 heavy (non-hydrogen) atoms. The molecule has 0 aliphatic rings. The number of carbonyl (C=O) groups is 2. The number of hydrogen-bond acceptors (Lipinski definition) is 6. The first-order valence-corrected chi connectivity index (χ1v) is 10.6. The van der Waals surface area contributed by atoms with Crippen molar-refractivity contribution in [1.82, 2.24) is 15.0 Å². The van der Waals surface area contributed by atoms with Crippen LogP contribution in [0, 0.1) is 0 Å². The Morgan fingerprint density at radius 3 is 2.36 bits per heavy atom. The van der Waals surface area contributed by atoms with E-state index in [9.17, 15) is 9.59 Å². The fourth-order valence-corrected chi connectivity index (χ4v) is 3.54. The van der Waals surface area contributed by atoms with Crippen LogP contribution >= 0.6 is 0 Å². The number of esters is 2. The fraction of sp³-hybridized carbons (Fsp3) is 0.231. The molecule has 0 spiro atoms. The molecule has 0 fully saturated rings. The first kappa shape index (κ1) is 22.2. The second-order valence-electron chi connectivity index (χ2n) is 8.69. The molecule has 0 unspecified atom stereocenters. The lowest BCUT2D eigenvalue weighted by atomic mass is 9.98. The summed E-state index contributed by atoms with van der Waals surface area (Å²) in [5.41, 5.74) is 4.62. The normalized spacial score (nSPS) is 11.4. The summed E-state index contributed by atoms with van der Waals surface area (Å²) < 4.78 is 12.1. The molecule has 7 heteroatoms. The average Bonchev–Trinajstić information content (AvgIpc) is 3.20. The van der Waals surface area contributed by atoms with E-state index in [1.165, 1.54) is 7.11 Å². The predicted molar refractivity (Wildman–Crippen MR) is 125 cm³/mol. The highest BCUT2D eigenvalue weighted by atomic mass is 16.6. The molecule has 0 amide bonds. The van der Waals surface area contributed by atoms with Gasteiger partial charge in [-0.3, -0.25) is 0 Å². The van der Waals surface area contributed by atoms with Gasteiger partial charge in [-0.1, -0.05) is 47.7 Å². The minimum absolute atomic E-state index is 0.345. The number of aromatic nitrogens is 3. The molecule has 4 aromatic rings. The highest BCUT2D eigenvalue weighted by molar-refractivity contribution is 5.97. The first-order valence-electron chi connectivity index (χ1n) is 10.6. The van der Waals surface area contributed by atoms with Crippen LogP contribution in [0.25, 0.3) is 22.2 Å². The van der Waals surface area contributed by atoms with Crippen molar-refractivity contribution in [2.75, 3.05) is 7.11 Å². The summed E-state index contributed by atoms with van der Waals surface area (Å²) in [4.78, 5) is 24.4. The number of nitrogens with zero attached hydrogens (tertiary/aromatic N) is 3. The molecule has 0 bridgehead atoms. The predicted octanol–water partition coefficient (Wildman–Crippen LogP) is 4.89. The molecule has 0 atom stereocenters. The van der Waals surface area contributed by atoms with E-state index in [1.807, 2.05) is 69.3 Å². The minimum Gasteiger partial charge on any atom is -0.465 e. The van der Waals surface area contributed by atoms with Crippen LogP contribution < -0.4 is 0 Å². The van der Waals surface area contributed by atoms with E-state index in [1.54, 1.807) is 22.9 Å². The van der Waals surface area contributed by atoms with Crippen LogP contribution in [0.3, 0.4) is 0 Å². The van der Waals surface area contributed by atoms with Crippen LogP contribution in [0.2, 0.25) is 0 Å². The van der Waals surface area contributed by atoms with Crippen molar-refractivity contribution < 1.29 is 19.1 Å². The highest BCUT2D eigenvalue weighted by Gasteiger charge is 2.20. The zero-order valence-corrected chi connectivity index (χ0v) is 19.0. The third kappa shape index (κ3) is 4.92. The molecule has 7 nitrogen and oxygen atoms in total. The van der Waals surface area contributed by atoms with Crippen LogP contribution in [0.1, 0.15) is 47.1 Å². The van der Waals surface area contributed by atoms with Crippen molar-refractivity contribution in [2.45, 2.75) is 32.9 Å². The smallest absolute Gasteiger partial charge is 0.339 e. The number of rotatable bonds is 5. The molecular weight excluding hydrogens is 418 g/mol. The third-order valence-corrected chi connectivity index (χ3v) is 5.08. The molecule has 0 aliphatic carbocycles. The summed E-state index contributed by atoms with van der Waals surface area (Å²) in [7, 11) is 1.35. The largest absolute Gasteiger partial charge is 0.465 e. The molecular formula is C26H25N3O4. The number of methoxy groups -OCH3 is 1. The van der Waals surface area contributed by atoms with Gasteiger partial charge in [0.2, 0.25) is 0 Å². The lowest BCUT2D eigenvalue weighted by Crippen LogP contribution is -2.24. The quantitative estimate of drug-likeness (QED) is 0.409. The SMILES string of the molecule is COC(=O)c1ccc2c(c1)nnn2Cc1ccc(-c2ccccc2C(=O)OC(C)(C)C)cc1. The van der Waals surface area contributed by atoms with Gasteiger partial charge in [-0.15, -0.1) is 5.10 Å². The fourth-order valence-electron chi connectivity index (χ4n) is 3.54. The van der Waals surface area contributed by atoms with Crippen LogP contribution in [0.5, 0.6) is 0 Å². The van der Waals surface area contributed by atoms with E-state index in [2.05, 4.69) is 10.3 Å². The molecule has 0 aliphatic heterocycles. The zero-order valence-electron chi connectivity index (χ0n) is 19.0. The van der Waals surface area contributed by atoms with Crippen LogP contribution in [-0.2, 0) is 16.0 Å². The van der Waals surface area contributed by atoms with Gasteiger partial charge < -0.3 is 9.47 Å². The van der Waals surface area contributed by atoms with Crippen LogP contribution in [0.15, 0.2) is 66.7 Å². The molecule has 168 valence electrons. The van der Waals surface area contributed by atoms with Gasteiger partial charge in [0.05, 0.1) is 30.3 Å². The number of fused-ring (bicyclic) bond motifs is 1. The molecule has 0 saturated heterocycles. The van der Waals surface area contributed by atoms with Gasteiger partial charge in [-0.05, 0) is 61.7 Å². The van der Waals surface area contributed by atoms with Crippen LogP contribution in [0.4, 0.5) is 0 Å². The van der Waals surface area contributed by atoms with E-state index in [-0.39, 0.29) is 5.97 Å². The Bertz CT molecular complexity index is 1320. The number of carbonyl (C=O) groups excluding carboxylic acids is 2. The van der Waals surface area contributed by atoms with Crippen molar-refractivity contribution in [2.24, 2.45) is 0 Å². The van der Waals surface area contributed by atoms with E-state index >= 15 is 0 Å². The van der Waals surface area contributed by atoms with Gasteiger partial charge in [0, 0.05) is 0 Å². The van der Waals surface area contributed by atoms with Crippen molar-refractivity contribution in [3.05, 3.63) is 83.4 Å². The number of ether oxygens (including phenoxy) is 2. The van der Waals surface area contributed by atoms with Crippen LogP contribution in [-0.4, -0.2) is 39.6 Å². The first-order chi connectivity index (χ1) is 15.7. The van der Waals surface area contributed by atoms with Crippen molar-refractivity contribution in [3.63, 3.8) is 0 Å². The maximum Gasteiger partial charge on any atom is 0.339 e. The molecule has 0 N–H and O–H groups in total. The topological polar surface area (TPSA) is 83.3 Å². The lowest BCUT2D eigenvalue weighted by Gasteiger charge is -2.20. The maximum absolute atomic E-state index is 12.7. The number of hydrogen-bond donors (Lipinski definition) is 0. The van der Waals surface area contributed by atoms with E-state index in [4.69, 9.17) is 9.47 Å². The molecule has 0 radical (unpaired) electrons. The second kappa shape index (κ2) is 8.86. The molecule has 1 aromatic heterocycles. The summed E-state index contributed by atoms with van der Waals surface area (Å²) in [6, 6.07) is 20.6. The minimum atomic E-state index is -0.563. The molecule has 1 heterocycles. The van der Waals surface area contributed by atoms with Crippen molar-refractivity contribution in [3.8, 4) is 11.1 Å². The zero-order chi connectivity index (χ0) is 23.6. The summed E-state index contributed by atoms with van der Waals surface area (Å²) in [6.45, 7) is 6.08. The summed E-state index contributed by atoms with van der Waals surface area (Å²) in [5, 5.41) is 8.39. The van der Waals surface area contributed by atoms with Gasteiger partial charge in [0.15, 0.2) is 0 Å². The summed E-state index contributed by atoms with van der Waals surface area (Å²) in [6.07, 6.45) is 0. The van der Waals surface area contributed by atoms with E-state index in [0.717, 1.165) is 22.2 Å². The van der Waals surface area contributed by atoms with Gasteiger partial charge in [0.1, 0.15) is 11.1 Å². The Kier molecular flexibility index (Phi) is 5.96. The molecule has 3 aromatic carbocycles. The molecule has 0 saturated carbocycles. The van der Waals surface area contributed by atoms with Crippen molar-refractivity contribution in [1.29, 1.82) is 0 Å². The van der Waals surface area contributed by atoms with E-state index in [0.29, 0.717) is 23.2 Å². The Morgan fingerprint density at radius 1 is 0.939 bits per heavy atom. The maximum atomic E-state index is 12.7. The summed E-state index contributed by atoms with van der Waals surface area (Å²) >= 11 is 0. The highest BCUT2D eigenvalue weighted by Crippen LogP contribution is 2.26. The van der Waals surface area contributed by atoms with Gasteiger partial charge in [0.25, 0.3) is 0 Å². The Labute approximate surface area is 191 Å². The van der Waals surface area contributed by atoms with Gasteiger partial charge >= 0.3 is 11.9 Å². The van der Waals surface area contributed by atoms with Crippen molar-refractivity contribution >= 4 is 23.0 Å². The molecule has 4 rings (SSSR count). The van der Waals surface area contributed by atoms with E-state index < -0.39 is 11.6 Å². The Morgan fingerprint density at radius 2 is 1.67 bits per heavy atom. The number of benzene rings is 3. The lowest BCUT2D eigenvalue weighted by molar-refractivity contribution is 0.00702. The van der Waals surface area contributed by atoms with Gasteiger partial charge in [-0.2, -0.15) is 0 Å². The Balaban J connectivity index is 1.57. The second-order valence-corrected chi connectivity index (χ2v) is 8.69. The Hall–Kier alpha value is -4.00. The summed E-state index contributed by atoms with van der Waals surface area (Å²) in [5.74, 6) is -0.753.